The molecule has 19 heavy (non-hydrogen) atoms. The molecular formula is C14H23N3OS. The molecule has 106 valence electrons. The number of aryl methyl sites for hydroxylation is 1. The van der Waals surface area contributed by atoms with E-state index < -0.39 is 0 Å². The Bertz CT molecular complexity index is 430. The van der Waals surface area contributed by atoms with Gasteiger partial charge in [0.1, 0.15) is 0 Å². The number of thiophene rings is 1. The summed E-state index contributed by atoms with van der Waals surface area (Å²) in [6.45, 7) is 7.40. The molecule has 0 saturated carbocycles. The van der Waals surface area contributed by atoms with Gasteiger partial charge in [-0.2, -0.15) is 0 Å². The van der Waals surface area contributed by atoms with Crippen molar-refractivity contribution in [3.8, 4) is 0 Å². The third kappa shape index (κ3) is 3.94. The number of likely N-dealkylation sites (tertiary alicyclic amines) is 1. The molecule has 1 fully saturated rings. The van der Waals surface area contributed by atoms with Gasteiger partial charge in [0.25, 0.3) is 0 Å². The standard InChI is InChI=1S/C14H23N3OS/c1-3-12-5-6-13(19-12)9-16-14(15-4-2)17-8-7-11(18)10-17/h5-6,11,18H,3-4,7-10H2,1-2H3,(H,15,16)/t11-/m1/s1. The fraction of sp³-hybridized carbons (Fsp3) is 0.643. The SMILES string of the molecule is CCNC(=NCc1ccc(CC)s1)N1CC[C@@H](O)C1. The first-order valence-corrected chi connectivity index (χ1v) is 7.83. The van der Waals surface area contributed by atoms with E-state index in [2.05, 4.69) is 41.2 Å². The smallest absolute Gasteiger partial charge is 0.194 e. The molecule has 0 unspecified atom stereocenters. The van der Waals surface area contributed by atoms with Crippen LogP contribution in [0, 0.1) is 0 Å². The van der Waals surface area contributed by atoms with Crippen LogP contribution < -0.4 is 5.32 Å². The van der Waals surface area contributed by atoms with Gasteiger partial charge in [-0.25, -0.2) is 4.99 Å². The maximum Gasteiger partial charge on any atom is 0.194 e. The predicted molar refractivity (Wildman–Crippen MR) is 80.7 cm³/mol. The molecule has 5 heteroatoms. The van der Waals surface area contributed by atoms with Gasteiger partial charge in [0.05, 0.1) is 12.6 Å². The average Bonchev–Trinajstić information content (AvgIpc) is 3.03. The lowest BCUT2D eigenvalue weighted by Gasteiger charge is -2.20. The van der Waals surface area contributed by atoms with E-state index in [-0.39, 0.29) is 6.10 Å². The Morgan fingerprint density at radius 1 is 1.47 bits per heavy atom. The van der Waals surface area contributed by atoms with Crippen molar-refractivity contribution in [2.75, 3.05) is 19.6 Å². The molecule has 2 heterocycles. The average molecular weight is 281 g/mol. The summed E-state index contributed by atoms with van der Waals surface area (Å²) in [6.07, 6.45) is 1.72. The van der Waals surface area contributed by atoms with Crippen LogP contribution in [0.3, 0.4) is 0 Å². The van der Waals surface area contributed by atoms with E-state index in [9.17, 15) is 5.11 Å². The Labute approximate surface area is 119 Å². The second-order valence-electron chi connectivity index (χ2n) is 4.78. The van der Waals surface area contributed by atoms with Gasteiger partial charge < -0.3 is 15.3 Å². The minimum Gasteiger partial charge on any atom is -0.391 e. The van der Waals surface area contributed by atoms with Crippen LogP contribution in [0.4, 0.5) is 0 Å². The fourth-order valence-corrected chi connectivity index (χ4v) is 3.09. The summed E-state index contributed by atoms with van der Waals surface area (Å²) in [7, 11) is 0. The summed E-state index contributed by atoms with van der Waals surface area (Å²) < 4.78 is 0. The van der Waals surface area contributed by atoms with Crippen molar-refractivity contribution in [1.29, 1.82) is 0 Å². The largest absolute Gasteiger partial charge is 0.391 e. The molecule has 0 amide bonds. The number of rotatable bonds is 4. The fourth-order valence-electron chi connectivity index (χ4n) is 2.21. The van der Waals surface area contributed by atoms with Gasteiger partial charge in [-0.1, -0.05) is 6.92 Å². The van der Waals surface area contributed by atoms with Gasteiger partial charge in [0.15, 0.2) is 5.96 Å². The van der Waals surface area contributed by atoms with Gasteiger partial charge >= 0.3 is 0 Å². The number of β-amino-alcohol motifs (C(OH)–C–C–N with tert-alkyl or cyclic N) is 1. The maximum atomic E-state index is 9.61. The molecule has 0 aliphatic carbocycles. The molecular weight excluding hydrogens is 258 g/mol. The van der Waals surface area contributed by atoms with Crippen LogP contribution in [0.2, 0.25) is 0 Å². The summed E-state index contributed by atoms with van der Waals surface area (Å²) >= 11 is 1.83. The normalized spacial score (nSPS) is 20.1. The molecule has 0 aromatic carbocycles. The van der Waals surface area contributed by atoms with E-state index >= 15 is 0 Å². The second-order valence-corrected chi connectivity index (χ2v) is 6.03. The van der Waals surface area contributed by atoms with Crippen molar-refractivity contribution in [1.82, 2.24) is 10.2 Å². The maximum absolute atomic E-state index is 9.61. The third-order valence-corrected chi connectivity index (χ3v) is 4.46. The van der Waals surface area contributed by atoms with E-state index in [4.69, 9.17) is 0 Å². The van der Waals surface area contributed by atoms with Crippen molar-refractivity contribution in [2.45, 2.75) is 39.3 Å². The minimum absolute atomic E-state index is 0.211. The zero-order valence-electron chi connectivity index (χ0n) is 11.7. The molecule has 0 radical (unpaired) electrons. The number of aliphatic hydroxyl groups excluding tert-OH is 1. The van der Waals surface area contributed by atoms with Gasteiger partial charge in [-0.3, -0.25) is 0 Å². The Morgan fingerprint density at radius 2 is 2.26 bits per heavy atom. The van der Waals surface area contributed by atoms with Crippen LogP contribution in [-0.2, 0) is 13.0 Å². The Hall–Kier alpha value is -1.07. The van der Waals surface area contributed by atoms with Crippen molar-refractivity contribution in [3.63, 3.8) is 0 Å². The van der Waals surface area contributed by atoms with Gasteiger partial charge in [0.2, 0.25) is 0 Å². The molecule has 0 bridgehead atoms. The van der Waals surface area contributed by atoms with Gasteiger partial charge in [0, 0.05) is 29.4 Å². The highest BCUT2D eigenvalue weighted by Gasteiger charge is 2.22. The first kappa shape index (κ1) is 14.3. The summed E-state index contributed by atoms with van der Waals surface area (Å²) in [5.41, 5.74) is 0. The summed E-state index contributed by atoms with van der Waals surface area (Å²) in [6, 6.07) is 4.34. The number of nitrogens with one attached hydrogen (secondary N) is 1. The van der Waals surface area contributed by atoms with Crippen LogP contribution in [0.5, 0.6) is 0 Å². The summed E-state index contributed by atoms with van der Waals surface area (Å²) in [4.78, 5) is 9.53. The first-order valence-electron chi connectivity index (χ1n) is 7.01. The lowest BCUT2D eigenvalue weighted by atomic mass is 10.3. The topological polar surface area (TPSA) is 47.9 Å². The van der Waals surface area contributed by atoms with E-state index in [0.29, 0.717) is 6.54 Å². The quantitative estimate of drug-likeness (QED) is 0.654. The lowest BCUT2D eigenvalue weighted by molar-refractivity contribution is 0.188. The number of aliphatic hydroxyl groups is 1. The molecule has 1 aromatic heterocycles. The minimum atomic E-state index is -0.211. The van der Waals surface area contributed by atoms with Crippen molar-refractivity contribution >= 4 is 17.3 Å². The van der Waals surface area contributed by atoms with Crippen LogP contribution >= 0.6 is 11.3 Å². The summed E-state index contributed by atoms with van der Waals surface area (Å²) in [5, 5.41) is 12.9. The second kappa shape index (κ2) is 6.91. The lowest BCUT2D eigenvalue weighted by Crippen LogP contribution is -2.40. The first-order chi connectivity index (χ1) is 9.22. The molecule has 4 nitrogen and oxygen atoms in total. The highest BCUT2D eigenvalue weighted by Crippen LogP contribution is 2.18. The Kier molecular flexibility index (Phi) is 5.22. The van der Waals surface area contributed by atoms with Crippen molar-refractivity contribution < 1.29 is 5.11 Å². The van der Waals surface area contributed by atoms with Crippen LogP contribution in [0.15, 0.2) is 17.1 Å². The Balaban J connectivity index is 1.99. The van der Waals surface area contributed by atoms with E-state index in [1.165, 1.54) is 9.75 Å². The molecule has 0 spiro atoms. The molecule has 1 aliphatic rings. The van der Waals surface area contributed by atoms with Crippen LogP contribution in [0.1, 0.15) is 30.0 Å². The predicted octanol–water partition coefficient (Wildman–Crippen LogP) is 1.84. The zero-order valence-corrected chi connectivity index (χ0v) is 12.5. The van der Waals surface area contributed by atoms with E-state index in [1.54, 1.807) is 0 Å². The molecule has 2 N–H and O–H groups in total. The van der Waals surface area contributed by atoms with Gasteiger partial charge in [-0.15, -0.1) is 11.3 Å². The summed E-state index contributed by atoms with van der Waals surface area (Å²) in [5.74, 6) is 0.922. The van der Waals surface area contributed by atoms with Gasteiger partial charge in [-0.05, 0) is 31.9 Å². The number of hydrogen-bond donors (Lipinski definition) is 2. The molecule has 2 rings (SSSR count). The molecule has 1 aromatic rings. The number of guanidine groups is 1. The number of aliphatic imine (C=N–C) groups is 1. The monoisotopic (exact) mass is 281 g/mol. The van der Waals surface area contributed by atoms with E-state index in [1.807, 2.05) is 11.3 Å². The van der Waals surface area contributed by atoms with E-state index in [0.717, 1.165) is 38.4 Å². The Morgan fingerprint density at radius 3 is 2.84 bits per heavy atom. The number of nitrogens with zero attached hydrogens (tertiary/aromatic N) is 2. The molecule has 1 aliphatic heterocycles. The van der Waals surface area contributed by atoms with Crippen LogP contribution in [0.25, 0.3) is 0 Å². The van der Waals surface area contributed by atoms with Crippen molar-refractivity contribution in [2.24, 2.45) is 4.99 Å². The highest BCUT2D eigenvalue weighted by atomic mass is 32.1. The van der Waals surface area contributed by atoms with Crippen LogP contribution in [-0.4, -0.2) is 41.7 Å². The van der Waals surface area contributed by atoms with Crippen molar-refractivity contribution in [3.05, 3.63) is 21.9 Å². The molecule has 1 saturated heterocycles. The zero-order chi connectivity index (χ0) is 13.7. The highest BCUT2D eigenvalue weighted by molar-refractivity contribution is 7.11. The number of hydrogen-bond acceptors (Lipinski definition) is 3. The third-order valence-electron chi connectivity index (χ3n) is 3.25. The molecule has 1 atom stereocenters.